The highest BCUT2D eigenvalue weighted by Gasteiger charge is 2.15. The lowest BCUT2D eigenvalue weighted by Crippen LogP contribution is -2.04. The van der Waals surface area contributed by atoms with E-state index in [1.54, 1.807) is 6.07 Å². The van der Waals surface area contributed by atoms with Crippen molar-refractivity contribution in [2.45, 2.75) is 12.8 Å². The zero-order valence-electron chi connectivity index (χ0n) is 11.0. The largest absolute Gasteiger partial charge is 0.487 e. The van der Waals surface area contributed by atoms with Crippen LogP contribution in [0.5, 0.6) is 5.75 Å². The molecule has 1 heterocycles. The Balaban J connectivity index is 1.87. The van der Waals surface area contributed by atoms with Crippen LogP contribution in [0.25, 0.3) is 0 Å². The van der Waals surface area contributed by atoms with E-state index < -0.39 is 4.92 Å². The monoisotopic (exact) mass is 325 g/mol. The first-order valence-electron chi connectivity index (χ1n) is 6.21. The summed E-state index contributed by atoms with van der Waals surface area (Å²) in [5.41, 5.74) is -0.135. The molecule has 0 saturated carbocycles. The average molecular weight is 326 g/mol. The molecule has 0 unspecified atom stereocenters. The van der Waals surface area contributed by atoms with Crippen molar-refractivity contribution in [2.75, 3.05) is 6.61 Å². The van der Waals surface area contributed by atoms with E-state index in [-0.39, 0.29) is 23.8 Å². The molecule has 7 heteroatoms. The number of halogens is 1. The van der Waals surface area contributed by atoms with Gasteiger partial charge in [0.2, 0.25) is 0 Å². The summed E-state index contributed by atoms with van der Waals surface area (Å²) in [4.78, 5) is 22.8. The van der Waals surface area contributed by atoms with Gasteiger partial charge in [0.1, 0.15) is 0 Å². The van der Waals surface area contributed by atoms with Gasteiger partial charge in [-0.3, -0.25) is 14.9 Å². The number of nitro groups is 1. The molecule has 0 aliphatic rings. The Morgan fingerprint density at radius 1 is 1.38 bits per heavy atom. The number of thiophene rings is 1. The minimum absolute atomic E-state index is 0.0502. The highest BCUT2D eigenvalue weighted by Crippen LogP contribution is 2.30. The highest BCUT2D eigenvalue weighted by atomic mass is 35.5. The number of carbonyl (C=O) groups excluding carboxylic acids is 1. The summed E-state index contributed by atoms with van der Waals surface area (Å²) >= 11 is 7.19. The molecule has 0 amide bonds. The second-order valence-corrected chi connectivity index (χ2v) is 5.61. The van der Waals surface area contributed by atoms with Crippen LogP contribution in [0, 0.1) is 10.1 Å². The molecule has 110 valence electrons. The highest BCUT2D eigenvalue weighted by molar-refractivity contribution is 7.12. The van der Waals surface area contributed by atoms with Crippen LogP contribution < -0.4 is 4.74 Å². The van der Waals surface area contributed by atoms with Gasteiger partial charge in [0, 0.05) is 23.6 Å². The van der Waals surface area contributed by atoms with E-state index in [0.29, 0.717) is 22.7 Å². The lowest BCUT2D eigenvalue weighted by molar-refractivity contribution is -0.385. The lowest BCUT2D eigenvalue weighted by atomic mass is 10.2. The SMILES string of the molecule is O=C(CCCOc1cc(Cl)ccc1[N+](=O)[O-])c1cccs1. The molecule has 0 radical (unpaired) electrons. The summed E-state index contributed by atoms with van der Waals surface area (Å²) in [5, 5.41) is 13.1. The van der Waals surface area contributed by atoms with Crippen molar-refractivity contribution >= 4 is 34.4 Å². The molecule has 21 heavy (non-hydrogen) atoms. The minimum Gasteiger partial charge on any atom is -0.487 e. The molecule has 0 aliphatic heterocycles. The van der Waals surface area contributed by atoms with Crippen LogP contribution in [0.1, 0.15) is 22.5 Å². The topological polar surface area (TPSA) is 69.4 Å². The maximum atomic E-state index is 11.8. The van der Waals surface area contributed by atoms with Crippen molar-refractivity contribution in [3.8, 4) is 5.75 Å². The van der Waals surface area contributed by atoms with E-state index in [1.807, 2.05) is 11.4 Å². The van der Waals surface area contributed by atoms with Gasteiger partial charge in [0.05, 0.1) is 16.4 Å². The maximum absolute atomic E-state index is 11.8. The van der Waals surface area contributed by atoms with Crippen molar-refractivity contribution in [1.82, 2.24) is 0 Å². The standard InChI is InChI=1S/C14H12ClNO4S/c15-10-5-6-11(16(18)19)13(9-10)20-7-1-3-12(17)14-4-2-8-21-14/h2,4-6,8-9H,1,3,7H2. The summed E-state index contributed by atoms with van der Waals surface area (Å²) in [6, 6.07) is 7.74. The first-order valence-corrected chi connectivity index (χ1v) is 7.47. The normalized spacial score (nSPS) is 10.3. The summed E-state index contributed by atoms with van der Waals surface area (Å²) in [6.45, 7) is 0.221. The quantitative estimate of drug-likeness (QED) is 0.328. The number of hydrogen-bond acceptors (Lipinski definition) is 5. The molecule has 0 atom stereocenters. The molecule has 0 saturated heterocycles. The van der Waals surface area contributed by atoms with Crippen molar-refractivity contribution in [3.05, 3.63) is 55.7 Å². The van der Waals surface area contributed by atoms with Gasteiger partial charge < -0.3 is 4.74 Å². The molecule has 0 fully saturated rings. The second kappa shape index (κ2) is 7.19. The number of nitrogens with zero attached hydrogens (tertiary/aromatic N) is 1. The predicted molar refractivity (Wildman–Crippen MR) is 81.5 cm³/mol. The number of benzene rings is 1. The third-order valence-corrected chi connectivity index (χ3v) is 3.87. The molecular weight excluding hydrogens is 314 g/mol. The fourth-order valence-corrected chi connectivity index (χ4v) is 2.59. The number of rotatable bonds is 7. The van der Waals surface area contributed by atoms with Gasteiger partial charge in [-0.25, -0.2) is 0 Å². The molecule has 1 aromatic heterocycles. The molecule has 5 nitrogen and oxygen atoms in total. The van der Waals surface area contributed by atoms with Gasteiger partial charge in [-0.15, -0.1) is 11.3 Å². The van der Waals surface area contributed by atoms with E-state index in [0.717, 1.165) is 0 Å². The predicted octanol–water partition coefficient (Wildman–Crippen LogP) is 4.35. The first-order chi connectivity index (χ1) is 10.1. The molecule has 2 aromatic rings. The molecule has 0 bridgehead atoms. The smallest absolute Gasteiger partial charge is 0.311 e. The van der Waals surface area contributed by atoms with Crippen molar-refractivity contribution in [2.24, 2.45) is 0 Å². The number of ketones is 1. The molecule has 0 aliphatic carbocycles. The average Bonchev–Trinajstić information content (AvgIpc) is 2.97. The zero-order valence-corrected chi connectivity index (χ0v) is 12.5. The Morgan fingerprint density at radius 3 is 2.86 bits per heavy atom. The van der Waals surface area contributed by atoms with Gasteiger partial charge in [-0.1, -0.05) is 17.7 Å². The van der Waals surface area contributed by atoms with Crippen molar-refractivity contribution in [3.63, 3.8) is 0 Å². The number of ether oxygens (including phenoxy) is 1. The van der Waals surface area contributed by atoms with E-state index in [9.17, 15) is 14.9 Å². The Morgan fingerprint density at radius 2 is 2.19 bits per heavy atom. The summed E-state index contributed by atoms with van der Waals surface area (Å²) in [5.74, 6) is 0.172. The Kier molecular flexibility index (Phi) is 5.30. The minimum atomic E-state index is -0.525. The third-order valence-electron chi connectivity index (χ3n) is 2.72. The lowest BCUT2D eigenvalue weighted by Gasteiger charge is -2.06. The van der Waals surface area contributed by atoms with Gasteiger partial charge in [-0.05, 0) is 23.9 Å². The second-order valence-electron chi connectivity index (χ2n) is 4.22. The Bertz CT molecular complexity index is 642. The van der Waals surface area contributed by atoms with Crippen LogP contribution in [-0.4, -0.2) is 17.3 Å². The molecule has 2 rings (SSSR count). The summed E-state index contributed by atoms with van der Waals surface area (Å²) in [6.07, 6.45) is 0.829. The van der Waals surface area contributed by atoms with Crippen molar-refractivity contribution in [1.29, 1.82) is 0 Å². The van der Waals surface area contributed by atoms with Crippen LogP contribution >= 0.6 is 22.9 Å². The zero-order chi connectivity index (χ0) is 15.2. The van der Waals surface area contributed by atoms with E-state index in [1.165, 1.54) is 29.5 Å². The number of Topliss-reactive ketones (excluding diaryl/α,β-unsaturated/α-hetero) is 1. The molecular formula is C14H12ClNO4S. The fourth-order valence-electron chi connectivity index (χ4n) is 1.73. The van der Waals surface area contributed by atoms with Gasteiger partial charge >= 0.3 is 5.69 Å². The summed E-state index contributed by atoms with van der Waals surface area (Å²) in [7, 11) is 0. The van der Waals surface area contributed by atoms with Crippen LogP contribution in [0.15, 0.2) is 35.7 Å². The molecule has 1 aromatic carbocycles. The molecule has 0 spiro atoms. The first kappa shape index (κ1) is 15.5. The Labute approximate surface area is 130 Å². The van der Waals surface area contributed by atoms with E-state index in [2.05, 4.69) is 0 Å². The van der Waals surface area contributed by atoms with Gasteiger partial charge in [-0.2, -0.15) is 0 Å². The number of carbonyl (C=O) groups is 1. The van der Waals surface area contributed by atoms with Crippen LogP contribution in [-0.2, 0) is 0 Å². The third kappa shape index (κ3) is 4.27. The van der Waals surface area contributed by atoms with Crippen LogP contribution in [0.2, 0.25) is 5.02 Å². The van der Waals surface area contributed by atoms with Gasteiger partial charge in [0.25, 0.3) is 0 Å². The maximum Gasteiger partial charge on any atom is 0.311 e. The van der Waals surface area contributed by atoms with Crippen LogP contribution in [0.3, 0.4) is 0 Å². The van der Waals surface area contributed by atoms with Crippen LogP contribution in [0.4, 0.5) is 5.69 Å². The fraction of sp³-hybridized carbons (Fsp3) is 0.214. The van der Waals surface area contributed by atoms with Gasteiger partial charge in [0.15, 0.2) is 11.5 Å². The summed E-state index contributed by atoms with van der Waals surface area (Å²) < 4.78 is 5.37. The van der Waals surface area contributed by atoms with Crippen molar-refractivity contribution < 1.29 is 14.5 Å². The number of nitro benzene ring substituents is 1. The number of hydrogen-bond donors (Lipinski definition) is 0. The molecule has 0 N–H and O–H groups in total. The van der Waals surface area contributed by atoms with E-state index in [4.69, 9.17) is 16.3 Å². The Hall–Kier alpha value is -1.92. The van der Waals surface area contributed by atoms with E-state index >= 15 is 0 Å².